The number of hydrogen-bond acceptors (Lipinski definition) is 1. The van der Waals surface area contributed by atoms with Crippen molar-refractivity contribution in [2.24, 2.45) is 0 Å². The number of rotatable bonds is 0. The Morgan fingerprint density at radius 1 is 1.56 bits per heavy atom. The van der Waals surface area contributed by atoms with Crippen LogP contribution in [0.5, 0.6) is 0 Å². The van der Waals surface area contributed by atoms with E-state index in [2.05, 4.69) is 11.4 Å². The average molecular weight is 144 g/mol. The molecule has 0 amide bonds. The lowest BCUT2D eigenvalue weighted by molar-refractivity contribution is 0.825. The van der Waals surface area contributed by atoms with Crippen molar-refractivity contribution in [3.63, 3.8) is 0 Å². The highest BCUT2D eigenvalue weighted by molar-refractivity contribution is 6.21. The van der Waals surface area contributed by atoms with Crippen LogP contribution in [-0.2, 0) is 0 Å². The fourth-order valence-electron chi connectivity index (χ4n) is 0.921. The van der Waals surface area contributed by atoms with Gasteiger partial charge in [0.05, 0.1) is 0 Å². The maximum Gasteiger partial charge on any atom is 0.120 e. The Labute approximate surface area is 60.4 Å². The van der Waals surface area contributed by atoms with Crippen molar-refractivity contribution in [3.8, 4) is 0 Å². The minimum Gasteiger partial charge on any atom is -0.370 e. The summed E-state index contributed by atoms with van der Waals surface area (Å²) in [4.78, 5) is 0. The predicted octanol–water partition coefficient (Wildman–Crippen LogP) is 2.00. The average Bonchev–Trinajstić information content (AvgIpc) is 1.59. The molecule has 0 aromatic rings. The van der Waals surface area contributed by atoms with E-state index in [0.29, 0.717) is 0 Å². The molecule has 0 bridgehead atoms. The highest BCUT2D eigenvalue weighted by Gasteiger charge is 2.04. The molecule has 0 spiro atoms. The van der Waals surface area contributed by atoms with Gasteiger partial charge >= 0.3 is 0 Å². The van der Waals surface area contributed by atoms with Crippen molar-refractivity contribution >= 4 is 11.6 Å². The molecule has 1 N–H and O–H groups in total. The molecule has 0 fully saturated rings. The second-order valence-electron chi connectivity index (χ2n) is 2.28. The molecule has 1 atom stereocenters. The highest BCUT2D eigenvalue weighted by atomic mass is 35.5. The third kappa shape index (κ3) is 1.75. The van der Waals surface area contributed by atoms with Crippen molar-refractivity contribution < 1.29 is 0 Å². The van der Waals surface area contributed by atoms with Crippen LogP contribution < -0.4 is 5.32 Å². The zero-order valence-electron chi connectivity index (χ0n) is 5.61. The van der Waals surface area contributed by atoms with Crippen molar-refractivity contribution in [1.82, 2.24) is 5.32 Å². The van der Waals surface area contributed by atoms with Crippen LogP contribution >= 0.6 is 11.6 Å². The molecular formula is C7H10ClN. The van der Waals surface area contributed by atoms with E-state index in [1.54, 1.807) is 0 Å². The SMILES string of the molecule is CC1=CC(Cl)NC(C)=C1. The summed E-state index contributed by atoms with van der Waals surface area (Å²) < 4.78 is 0. The number of halogens is 1. The molecule has 1 aliphatic rings. The van der Waals surface area contributed by atoms with Crippen LogP contribution in [-0.4, -0.2) is 5.50 Å². The van der Waals surface area contributed by atoms with Crippen LogP contribution in [0, 0.1) is 0 Å². The van der Waals surface area contributed by atoms with Gasteiger partial charge in [-0.05, 0) is 26.0 Å². The van der Waals surface area contributed by atoms with Gasteiger partial charge in [-0.15, -0.1) is 0 Å². The van der Waals surface area contributed by atoms with Crippen molar-refractivity contribution in [2.45, 2.75) is 19.3 Å². The van der Waals surface area contributed by atoms with Gasteiger partial charge in [0, 0.05) is 5.70 Å². The highest BCUT2D eigenvalue weighted by Crippen LogP contribution is 2.10. The Hall–Kier alpha value is -0.430. The van der Waals surface area contributed by atoms with E-state index in [-0.39, 0.29) is 5.50 Å². The van der Waals surface area contributed by atoms with Crippen LogP contribution in [0.15, 0.2) is 23.4 Å². The first-order valence-corrected chi connectivity index (χ1v) is 3.39. The van der Waals surface area contributed by atoms with Crippen LogP contribution in [0.25, 0.3) is 0 Å². The summed E-state index contributed by atoms with van der Waals surface area (Å²) in [5.74, 6) is 0. The summed E-state index contributed by atoms with van der Waals surface area (Å²) in [6.07, 6.45) is 4.05. The molecule has 0 aromatic heterocycles. The van der Waals surface area contributed by atoms with Gasteiger partial charge in [0.25, 0.3) is 0 Å². The Morgan fingerprint density at radius 2 is 2.22 bits per heavy atom. The van der Waals surface area contributed by atoms with Gasteiger partial charge in [-0.1, -0.05) is 17.2 Å². The van der Waals surface area contributed by atoms with E-state index in [1.807, 2.05) is 19.9 Å². The Balaban J connectivity index is 2.74. The first-order valence-electron chi connectivity index (χ1n) is 2.96. The lowest BCUT2D eigenvalue weighted by Crippen LogP contribution is -2.22. The molecule has 1 rings (SSSR count). The molecule has 0 aromatic carbocycles. The largest absolute Gasteiger partial charge is 0.370 e. The van der Waals surface area contributed by atoms with Crippen LogP contribution in [0.3, 0.4) is 0 Å². The molecular weight excluding hydrogens is 134 g/mol. The van der Waals surface area contributed by atoms with Crippen molar-refractivity contribution in [3.05, 3.63) is 23.4 Å². The van der Waals surface area contributed by atoms with Gasteiger partial charge < -0.3 is 5.32 Å². The summed E-state index contributed by atoms with van der Waals surface area (Å²) in [7, 11) is 0. The van der Waals surface area contributed by atoms with Gasteiger partial charge in [-0.3, -0.25) is 0 Å². The molecule has 1 heterocycles. The Bertz CT molecular complexity index is 170. The number of dihydropyridines is 1. The molecule has 1 nitrogen and oxygen atoms in total. The van der Waals surface area contributed by atoms with Gasteiger partial charge in [0.15, 0.2) is 0 Å². The van der Waals surface area contributed by atoms with Crippen LogP contribution in [0.1, 0.15) is 13.8 Å². The molecule has 50 valence electrons. The summed E-state index contributed by atoms with van der Waals surface area (Å²) in [6.45, 7) is 4.05. The molecule has 0 saturated carbocycles. The number of hydrogen-bond donors (Lipinski definition) is 1. The van der Waals surface area contributed by atoms with E-state index >= 15 is 0 Å². The van der Waals surface area contributed by atoms with Crippen LogP contribution in [0.4, 0.5) is 0 Å². The topological polar surface area (TPSA) is 12.0 Å². The predicted molar refractivity (Wildman–Crippen MR) is 40.3 cm³/mol. The molecule has 0 saturated heterocycles. The number of allylic oxidation sites excluding steroid dienone is 3. The molecule has 2 heteroatoms. The van der Waals surface area contributed by atoms with Crippen molar-refractivity contribution in [2.75, 3.05) is 0 Å². The van der Waals surface area contributed by atoms with E-state index in [0.717, 1.165) is 5.70 Å². The van der Waals surface area contributed by atoms with E-state index in [4.69, 9.17) is 11.6 Å². The molecule has 0 radical (unpaired) electrons. The first-order chi connectivity index (χ1) is 4.18. The lowest BCUT2D eigenvalue weighted by Gasteiger charge is -2.15. The molecule has 0 aliphatic carbocycles. The summed E-state index contributed by atoms with van der Waals surface area (Å²) in [5.41, 5.74) is 2.34. The van der Waals surface area contributed by atoms with Crippen molar-refractivity contribution in [1.29, 1.82) is 0 Å². The molecule has 9 heavy (non-hydrogen) atoms. The molecule has 1 aliphatic heterocycles. The molecule has 1 unspecified atom stereocenters. The van der Waals surface area contributed by atoms with E-state index < -0.39 is 0 Å². The summed E-state index contributed by atoms with van der Waals surface area (Å²) in [5, 5.41) is 3.06. The van der Waals surface area contributed by atoms with Gasteiger partial charge in [-0.2, -0.15) is 0 Å². The maximum absolute atomic E-state index is 5.78. The Kier molecular flexibility index (Phi) is 1.81. The Morgan fingerprint density at radius 3 is 2.67 bits per heavy atom. The quantitative estimate of drug-likeness (QED) is 0.404. The fraction of sp³-hybridized carbons (Fsp3) is 0.429. The zero-order chi connectivity index (χ0) is 6.85. The second-order valence-corrected chi connectivity index (χ2v) is 2.75. The smallest absolute Gasteiger partial charge is 0.120 e. The maximum atomic E-state index is 5.78. The minimum absolute atomic E-state index is 0.0185. The lowest BCUT2D eigenvalue weighted by atomic mass is 10.2. The van der Waals surface area contributed by atoms with Gasteiger partial charge in [-0.25, -0.2) is 0 Å². The summed E-state index contributed by atoms with van der Waals surface area (Å²) >= 11 is 5.78. The number of alkyl halides is 1. The monoisotopic (exact) mass is 143 g/mol. The van der Waals surface area contributed by atoms with Gasteiger partial charge in [0.2, 0.25) is 0 Å². The normalized spacial score (nSPS) is 26.3. The second kappa shape index (κ2) is 2.44. The van der Waals surface area contributed by atoms with Crippen LogP contribution in [0.2, 0.25) is 0 Å². The number of nitrogens with one attached hydrogen (secondary N) is 1. The van der Waals surface area contributed by atoms with Gasteiger partial charge in [0.1, 0.15) is 5.50 Å². The third-order valence-corrected chi connectivity index (χ3v) is 1.45. The fourth-order valence-corrected chi connectivity index (χ4v) is 1.29. The first kappa shape index (κ1) is 6.69. The minimum atomic E-state index is -0.0185. The standard InChI is InChI=1S/C7H10ClN/c1-5-3-6(2)9-7(8)4-5/h3-4,7,9H,1-2H3. The van der Waals surface area contributed by atoms with E-state index in [9.17, 15) is 0 Å². The summed E-state index contributed by atoms with van der Waals surface area (Å²) in [6, 6.07) is 0. The van der Waals surface area contributed by atoms with E-state index in [1.165, 1.54) is 5.57 Å². The third-order valence-electron chi connectivity index (χ3n) is 1.22. The zero-order valence-corrected chi connectivity index (χ0v) is 6.37.